The predicted molar refractivity (Wildman–Crippen MR) is 97.8 cm³/mol. The Morgan fingerprint density at radius 3 is 2.04 bits per heavy atom. The SMILES string of the molecule is CC(C(=O)N1CCN(c2ccccc2)CC1)C(N)c1ccccc1. The number of rotatable bonds is 4. The largest absolute Gasteiger partial charge is 0.368 e. The van der Waals surface area contributed by atoms with Gasteiger partial charge in [-0.15, -0.1) is 0 Å². The van der Waals surface area contributed by atoms with Crippen LogP contribution in [0.1, 0.15) is 18.5 Å². The van der Waals surface area contributed by atoms with Crippen LogP contribution in [-0.4, -0.2) is 37.0 Å². The Bertz CT molecular complexity index is 651. The van der Waals surface area contributed by atoms with Crippen LogP contribution in [0.5, 0.6) is 0 Å². The molecule has 3 rings (SSSR count). The Morgan fingerprint density at radius 2 is 1.46 bits per heavy atom. The summed E-state index contributed by atoms with van der Waals surface area (Å²) in [5.74, 6) is -0.0604. The molecule has 24 heavy (non-hydrogen) atoms. The van der Waals surface area contributed by atoms with Crippen LogP contribution in [0.15, 0.2) is 60.7 Å². The summed E-state index contributed by atoms with van der Waals surface area (Å²) in [4.78, 5) is 17.1. The highest BCUT2D eigenvalue weighted by atomic mass is 16.2. The molecular weight excluding hydrogens is 298 g/mol. The predicted octanol–water partition coefficient (Wildman–Crippen LogP) is 2.67. The Labute approximate surface area is 143 Å². The van der Waals surface area contributed by atoms with Gasteiger partial charge in [0.2, 0.25) is 5.91 Å². The van der Waals surface area contributed by atoms with Crippen molar-refractivity contribution in [2.45, 2.75) is 13.0 Å². The van der Waals surface area contributed by atoms with Crippen LogP contribution in [0.2, 0.25) is 0 Å². The molecule has 1 aliphatic rings. The van der Waals surface area contributed by atoms with Gasteiger partial charge in [0, 0.05) is 37.9 Å². The van der Waals surface area contributed by atoms with E-state index in [1.165, 1.54) is 5.69 Å². The van der Waals surface area contributed by atoms with Crippen molar-refractivity contribution in [1.29, 1.82) is 0 Å². The quantitative estimate of drug-likeness (QED) is 0.941. The van der Waals surface area contributed by atoms with E-state index >= 15 is 0 Å². The number of carbonyl (C=O) groups is 1. The fourth-order valence-corrected chi connectivity index (χ4v) is 3.23. The molecule has 0 spiro atoms. The van der Waals surface area contributed by atoms with Gasteiger partial charge < -0.3 is 15.5 Å². The fourth-order valence-electron chi connectivity index (χ4n) is 3.23. The number of piperazine rings is 1. The lowest BCUT2D eigenvalue weighted by atomic mass is 9.94. The van der Waals surface area contributed by atoms with Crippen molar-refractivity contribution < 1.29 is 4.79 Å². The summed E-state index contributed by atoms with van der Waals surface area (Å²) in [6, 6.07) is 20.0. The standard InChI is InChI=1S/C20H25N3O/c1-16(19(21)17-8-4-2-5-9-17)20(24)23-14-12-22(13-15-23)18-10-6-3-7-11-18/h2-11,16,19H,12-15,21H2,1H3. The van der Waals surface area contributed by atoms with Crippen molar-refractivity contribution >= 4 is 11.6 Å². The number of nitrogens with zero attached hydrogens (tertiary/aromatic N) is 2. The van der Waals surface area contributed by atoms with E-state index in [-0.39, 0.29) is 17.9 Å². The van der Waals surface area contributed by atoms with Gasteiger partial charge in [0.1, 0.15) is 0 Å². The van der Waals surface area contributed by atoms with Gasteiger partial charge in [-0.05, 0) is 17.7 Å². The van der Waals surface area contributed by atoms with Crippen LogP contribution in [0.3, 0.4) is 0 Å². The molecule has 4 nitrogen and oxygen atoms in total. The second kappa shape index (κ2) is 7.49. The average Bonchev–Trinajstić information content (AvgIpc) is 2.68. The number of hydrogen-bond donors (Lipinski definition) is 1. The van der Waals surface area contributed by atoms with E-state index in [2.05, 4.69) is 17.0 Å². The lowest BCUT2D eigenvalue weighted by Crippen LogP contribution is -2.51. The Balaban J connectivity index is 1.59. The first kappa shape index (κ1) is 16.5. The van der Waals surface area contributed by atoms with Crippen molar-refractivity contribution in [3.8, 4) is 0 Å². The molecule has 2 aromatic rings. The van der Waals surface area contributed by atoms with E-state index in [9.17, 15) is 4.79 Å². The van der Waals surface area contributed by atoms with Gasteiger partial charge in [0.25, 0.3) is 0 Å². The smallest absolute Gasteiger partial charge is 0.227 e. The van der Waals surface area contributed by atoms with Gasteiger partial charge in [-0.1, -0.05) is 55.5 Å². The lowest BCUT2D eigenvalue weighted by molar-refractivity contribution is -0.136. The Hall–Kier alpha value is -2.33. The van der Waals surface area contributed by atoms with Crippen LogP contribution in [0.4, 0.5) is 5.69 Å². The fraction of sp³-hybridized carbons (Fsp3) is 0.350. The third-order valence-electron chi connectivity index (χ3n) is 4.83. The normalized spacial score (nSPS) is 17.4. The number of benzene rings is 2. The molecule has 4 heteroatoms. The molecule has 0 aliphatic carbocycles. The molecule has 0 saturated carbocycles. The second-order valence-electron chi connectivity index (χ2n) is 6.37. The van der Waals surface area contributed by atoms with Gasteiger partial charge >= 0.3 is 0 Å². The van der Waals surface area contributed by atoms with E-state index in [1.54, 1.807) is 0 Å². The maximum atomic E-state index is 12.8. The van der Waals surface area contributed by atoms with E-state index in [0.29, 0.717) is 0 Å². The molecule has 0 radical (unpaired) electrons. The topological polar surface area (TPSA) is 49.6 Å². The zero-order valence-electron chi connectivity index (χ0n) is 14.1. The summed E-state index contributed by atoms with van der Waals surface area (Å²) in [7, 11) is 0. The molecule has 1 aliphatic heterocycles. The van der Waals surface area contributed by atoms with Crippen LogP contribution in [0, 0.1) is 5.92 Å². The lowest BCUT2D eigenvalue weighted by Gasteiger charge is -2.38. The molecule has 1 heterocycles. The third-order valence-corrected chi connectivity index (χ3v) is 4.83. The number of carbonyl (C=O) groups excluding carboxylic acids is 1. The number of hydrogen-bond acceptors (Lipinski definition) is 3. The zero-order valence-corrected chi connectivity index (χ0v) is 14.1. The van der Waals surface area contributed by atoms with Crippen molar-refractivity contribution in [2.24, 2.45) is 11.7 Å². The summed E-state index contributed by atoms with van der Waals surface area (Å²) >= 11 is 0. The van der Waals surface area contributed by atoms with E-state index in [4.69, 9.17) is 5.73 Å². The minimum Gasteiger partial charge on any atom is -0.368 e. The van der Waals surface area contributed by atoms with E-state index in [0.717, 1.165) is 31.7 Å². The summed E-state index contributed by atoms with van der Waals surface area (Å²) < 4.78 is 0. The monoisotopic (exact) mass is 323 g/mol. The van der Waals surface area contributed by atoms with Crippen molar-refractivity contribution in [1.82, 2.24) is 4.90 Å². The van der Waals surface area contributed by atoms with E-state index < -0.39 is 0 Å². The minimum absolute atomic E-state index is 0.152. The minimum atomic E-state index is -0.258. The molecule has 1 amide bonds. The van der Waals surface area contributed by atoms with Gasteiger partial charge in [0.05, 0.1) is 5.92 Å². The molecule has 1 fully saturated rings. The molecule has 2 unspecified atom stereocenters. The van der Waals surface area contributed by atoms with Gasteiger partial charge in [-0.25, -0.2) is 0 Å². The molecule has 0 bridgehead atoms. The van der Waals surface area contributed by atoms with E-state index in [1.807, 2.05) is 60.4 Å². The second-order valence-corrected chi connectivity index (χ2v) is 6.37. The first-order chi connectivity index (χ1) is 11.7. The molecule has 0 aromatic heterocycles. The number of amides is 1. The Morgan fingerprint density at radius 1 is 0.917 bits per heavy atom. The summed E-state index contributed by atoms with van der Waals surface area (Å²) in [5.41, 5.74) is 8.54. The van der Waals surface area contributed by atoms with Gasteiger partial charge in [0.15, 0.2) is 0 Å². The summed E-state index contributed by atoms with van der Waals surface area (Å²) in [6.07, 6.45) is 0. The maximum absolute atomic E-state index is 12.8. The Kier molecular flexibility index (Phi) is 5.16. The van der Waals surface area contributed by atoms with Crippen molar-refractivity contribution in [2.75, 3.05) is 31.1 Å². The molecule has 1 saturated heterocycles. The number of anilines is 1. The zero-order chi connectivity index (χ0) is 16.9. The van der Waals surface area contributed by atoms with Gasteiger partial charge in [-0.2, -0.15) is 0 Å². The van der Waals surface area contributed by atoms with Crippen molar-refractivity contribution in [3.63, 3.8) is 0 Å². The summed E-state index contributed by atoms with van der Waals surface area (Å²) in [6.45, 7) is 5.16. The van der Waals surface area contributed by atoms with Crippen molar-refractivity contribution in [3.05, 3.63) is 66.2 Å². The highest BCUT2D eigenvalue weighted by Crippen LogP contribution is 2.22. The first-order valence-corrected chi connectivity index (χ1v) is 8.56. The number of nitrogens with two attached hydrogens (primary N) is 1. The molecule has 2 N–H and O–H groups in total. The average molecular weight is 323 g/mol. The van der Waals surface area contributed by atoms with Crippen LogP contribution in [0.25, 0.3) is 0 Å². The highest BCUT2D eigenvalue weighted by molar-refractivity contribution is 5.79. The molecule has 126 valence electrons. The molecule has 2 aromatic carbocycles. The third kappa shape index (κ3) is 3.60. The first-order valence-electron chi connectivity index (χ1n) is 8.56. The van der Waals surface area contributed by atoms with Gasteiger partial charge in [-0.3, -0.25) is 4.79 Å². The van der Waals surface area contributed by atoms with Crippen LogP contribution < -0.4 is 10.6 Å². The molecule has 2 atom stereocenters. The summed E-state index contributed by atoms with van der Waals surface area (Å²) in [5, 5.41) is 0. The number of para-hydroxylation sites is 1. The highest BCUT2D eigenvalue weighted by Gasteiger charge is 2.29. The maximum Gasteiger partial charge on any atom is 0.227 e. The van der Waals surface area contributed by atoms with Crippen LogP contribution in [-0.2, 0) is 4.79 Å². The molecular formula is C20H25N3O. The van der Waals surface area contributed by atoms with Crippen LogP contribution >= 0.6 is 0 Å².